The van der Waals surface area contributed by atoms with Gasteiger partial charge in [-0.1, -0.05) is 18.2 Å². The third kappa shape index (κ3) is 4.48. The van der Waals surface area contributed by atoms with Crippen molar-refractivity contribution in [3.05, 3.63) is 51.9 Å². The molecule has 3 rings (SSSR count). The zero-order valence-corrected chi connectivity index (χ0v) is 15.8. The molecule has 1 heterocycles. The van der Waals surface area contributed by atoms with Crippen molar-refractivity contribution in [3.8, 4) is 0 Å². The summed E-state index contributed by atoms with van der Waals surface area (Å²) in [6.45, 7) is 0.341. The molecule has 1 aliphatic carbocycles. The van der Waals surface area contributed by atoms with Crippen LogP contribution in [0.2, 0.25) is 0 Å². The number of hydrogen-bond acceptors (Lipinski definition) is 4. The highest BCUT2D eigenvalue weighted by molar-refractivity contribution is 7.91. The fourth-order valence-corrected chi connectivity index (χ4v) is 5.16. The Labute approximate surface area is 152 Å². The molecule has 1 aromatic heterocycles. The Bertz CT molecular complexity index is 872. The molecule has 0 spiro atoms. The first-order valence-electron chi connectivity index (χ1n) is 8.37. The molecule has 0 saturated carbocycles. The number of benzene rings is 1. The number of thiophene rings is 1. The molecule has 0 aliphatic heterocycles. The van der Waals surface area contributed by atoms with Gasteiger partial charge in [0, 0.05) is 4.88 Å². The first-order valence-corrected chi connectivity index (χ1v) is 10.7. The minimum Gasteiger partial charge on any atom is -0.351 e. The van der Waals surface area contributed by atoms with E-state index >= 15 is 0 Å². The van der Waals surface area contributed by atoms with E-state index in [1.54, 1.807) is 12.1 Å². The van der Waals surface area contributed by atoms with Crippen LogP contribution in [0.25, 0.3) is 0 Å². The number of carbonyl (C=O) groups excluding carboxylic acids is 1. The van der Waals surface area contributed by atoms with Crippen LogP contribution in [0.3, 0.4) is 0 Å². The number of aryl methyl sites for hydroxylation is 2. The Hall–Kier alpha value is -1.70. The smallest absolute Gasteiger partial charge is 0.249 e. The van der Waals surface area contributed by atoms with Crippen molar-refractivity contribution < 1.29 is 13.2 Å². The van der Waals surface area contributed by atoms with E-state index < -0.39 is 10.0 Å². The van der Waals surface area contributed by atoms with Crippen molar-refractivity contribution in [2.24, 2.45) is 0 Å². The molecule has 0 unspecified atom stereocenters. The number of nitrogens with one attached hydrogen (secondary N) is 2. The van der Waals surface area contributed by atoms with Crippen molar-refractivity contribution in [2.45, 2.75) is 42.9 Å². The SMILES string of the molecule is CNS(=O)(=O)c1ccc(CNC(=O)Cc2ccc3c(c2)CCCC3)s1. The number of carbonyl (C=O) groups is 1. The zero-order valence-electron chi connectivity index (χ0n) is 14.2. The Kier molecular flexibility index (Phi) is 5.56. The number of hydrogen-bond donors (Lipinski definition) is 2. The molecule has 1 amide bonds. The third-order valence-electron chi connectivity index (χ3n) is 4.41. The monoisotopic (exact) mass is 378 g/mol. The summed E-state index contributed by atoms with van der Waals surface area (Å²) in [5.74, 6) is -0.0535. The molecular formula is C18H22N2O3S2. The summed E-state index contributed by atoms with van der Waals surface area (Å²) in [6, 6.07) is 9.62. The van der Waals surface area contributed by atoms with Gasteiger partial charge in [0.15, 0.2) is 0 Å². The fraction of sp³-hybridized carbons (Fsp3) is 0.389. The summed E-state index contributed by atoms with van der Waals surface area (Å²) < 4.78 is 26.0. The molecule has 25 heavy (non-hydrogen) atoms. The summed E-state index contributed by atoms with van der Waals surface area (Å²) in [7, 11) is -2.03. The van der Waals surface area contributed by atoms with Gasteiger partial charge in [-0.3, -0.25) is 4.79 Å². The van der Waals surface area contributed by atoms with Gasteiger partial charge in [0.1, 0.15) is 4.21 Å². The minimum absolute atomic E-state index is 0.0535. The van der Waals surface area contributed by atoms with Crippen molar-refractivity contribution >= 4 is 27.3 Å². The molecule has 1 aliphatic rings. The van der Waals surface area contributed by atoms with Crippen LogP contribution in [0.5, 0.6) is 0 Å². The van der Waals surface area contributed by atoms with Crippen LogP contribution >= 0.6 is 11.3 Å². The van der Waals surface area contributed by atoms with Gasteiger partial charge < -0.3 is 5.32 Å². The number of rotatable bonds is 6. The molecular weight excluding hydrogens is 356 g/mol. The molecule has 7 heteroatoms. The molecule has 0 atom stereocenters. The van der Waals surface area contributed by atoms with Crippen LogP contribution in [0, 0.1) is 0 Å². The van der Waals surface area contributed by atoms with E-state index in [4.69, 9.17) is 0 Å². The summed E-state index contributed by atoms with van der Waals surface area (Å²) in [4.78, 5) is 13.0. The highest BCUT2D eigenvalue weighted by atomic mass is 32.2. The second kappa shape index (κ2) is 7.68. The predicted octanol–water partition coefficient (Wildman–Crippen LogP) is 2.39. The van der Waals surface area contributed by atoms with Gasteiger partial charge in [-0.15, -0.1) is 11.3 Å². The second-order valence-electron chi connectivity index (χ2n) is 6.19. The van der Waals surface area contributed by atoms with Crippen LogP contribution in [0.4, 0.5) is 0 Å². The van der Waals surface area contributed by atoms with Crippen LogP contribution < -0.4 is 10.0 Å². The quantitative estimate of drug-likeness (QED) is 0.810. The molecule has 2 aromatic rings. The van der Waals surface area contributed by atoms with E-state index in [-0.39, 0.29) is 10.1 Å². The van der Waals surface area contributed by atoms with Gasteiger partial charge in [-0.05, 0) is 61.6 Å². The normalized spacial score (nSPS) is 14.1. The van der Waals surface area contributed by atoms with E-state index in [2.05, 4.69) is 22.2 Å². The summed E-state index contributed by atoms with van der Waals surface area (Å²) in [5, 5.41) is 2.87. The topological polar surface area (TPSA) is 75.3 Å². The lowest BCUT2D eigenvalue weighted by atomic mass is 9.90. The maximum absolute atomic E-state index is 12.2. The van der Waals surface area contributed by atoms with E-state index in [0.717, 1.165) is 23.3 Å². The Morgan fingerprint density at radius 1 is 1.12 bits per heavy atom. The zero-order chi connectivity index (χ0) is 17.9. The van der Waals surface area contributed by atoms with Crippen molar-refractivity contribution in [1.29, 1.82) is 0 Å². The summed E-state index contributed by atoms with van der Waals surface area (Å²) in [6.07, 6.45) is 5.05. The molecule has 0 bridgehead atoms. The van der Waals surface area contributed by atoms with Crippen molar-refractivity contribution in [2.75, 3.05) is 7.05 Å². The predicted molar refractivity (Wildman–Crippen MR) is 99.2 cm³/mol. The fourth-order valence-electron chi connectivity index (χ4n) is 3.03. The molecule has 0 fully saturated rings. The van der Waals surface area contributed by atoms with Gasteiger partial charge in [-0.25, -0.2) is 13.1 Å². The Morgan fingerprint density at radius 2 is 1.88 bits per heavy atom. The largest absolute Gasteiger partial charge is 0.351 e. The number of sulfonamides is 1. The van der Waals surface area contributed by atoms with Gasteiger partial charge in [0.05, 0.1) is 13.0 Å². The average Bonchev–Trinajstić information content (AvgIpc) is 3.10. The second-order valence-corrected chi connectivity index (χ2v) is 9.47. The summed E-state index contributed by atoms with van der Waals surface area (Å²) >= 11 is 1.17. The van der Waals surface area contributed by atoms with Crippen LogP contribution in [0.1, 0.15) is 34.4 Å². The first kappa shape index (κ1) is 18.1. The molecule has 1 aromatic carbocycles. The lowest BCUT2D eigenvalue weighted by Gasteiger charge is -2.16. The number of amides is 1. The van der Waals surface area contributed by atoms with Gasteiger partial charge in [0.2, 0.25) is 15.9 Å². The maximum Gasteiger partial charge on any atom is 0.249 e. The molecule has 134 valence electrons. The average molecular weight is 379 g/mol. The van der Waals surface area contributed by atoms with Crippen molar-refractivity contribution in [1.82, 2.24) is 10.0 Å². The van der Waals surface area contributed by atoms with Crippen LogP contribution in [0.15, 0.2) is 34.5 Å². The van der Waals surface area contributed by atoms with E-state index in [0.29, 0.717) is 13.0 Å². The molecule has 0 saturated heterocycles. The standard InChI is InChI=1S/C18H22N2O3S2/c1-19-25(22,23)18-9-8-16(24-18)12-20-17(21)11-13-6-7-14-4-2-3-5-15(14)10-13/h6-10,19H,2-5,11-12H2,1H3,(H,20,21). The van der Waals surface area contributed by atoms with Crippen LogP contribution in [-0.2, 0) is 40.6 Å². The lowest BCUT2D eigenvalue weighted by molar-refractivity contribution is -0.120. The Morgan fingerprint density at radius 3 is 2.64 bits per heavy atom. The maximum atomic E-state index is 12.2. The third-order valence-corrected chi connectivity index (χ3v) is 7.40. The summed E-state index contributed by atoms with van der Waals surface area (Å²) in [5.41, 5.74) is 3.81. The van der Waals surface area contributed by atoms with Crippen LogP contribution in [-0.4, -0.2) is 21.4 Å². The van der Waals surface area contributed by atoms with Gasteiger partial charge in [-0.2, -0.15) is 0 Å². The molecule has 5 nitrogen and oxygen atoms in total. The molecule has 2 N–H and O–H groups in total. The van der Waals surface area contributed by atoms with Gasteiger partial charge >= 0.3 is 0 Å². The first-order chi connectivity index (χ1) is 12.0. The van der Waals surface area contributed by atoms with E-state index in [1.165, 1.54) is 42.4 Å². The number of fused-ring (bicyclic) bond motifs is 1. The molecule has 0 radical (unpaired) electrons. The minimum atomic E-state index is -3.42. The van der Waals surface area contributed by atoms with Crippen molar-refractivity contribution in [3.63, 3.8) is 0 Å². The van der Waals surface area contributed by atoms with Gasteiger partial charge in [0.25, 0.3) is 0 Å². The highest BCUT2D eigenvalue weighted by Crippen LogP contribution is 2.23. The Balaban J connectivity index is 1.56. The lowest BCUT2D eigenvalue weighted by Crippen LogP contribution is -2.24. The van der Waals surface area contributed by atoms with E-state index in [9.17, 15) is 13.2 Å². The van der Waals surface area contributed by atoms with E-state index in [1.807, 2.05) is 6.07 Å². The highest BCUT2D eigenvalue weighted by Gasteiger charge is 2.15.